The molecule has 0 bridgehead atoms. The fourth-order valence-electron chi connectivity index (χ4n) is 1.55. The number of hydrogen-bond acceptors (Lipinski definition) is 2. The van der Waals surface area contributed by atoms with Gasteiger partial charge in [-0.25, -0.2) is 4.39 Å². The van der Waals surface area contributed by atoms with Crippen LogP contribution in [-0.4, -0.2) is 18.4 Å². The number of aliphatic hydroxyl groups is 1. The van der Waals surface area contributed by atoms with E-state index >= 15 is 0 Å². The molecule has 0 heterocycles. The summed E-state index contributed by atoms with van der Waals surface area (Å²) >= 11 is 0. The summed E-state index contributed by atoms with van der Waals surface area (Å²) in [6, 6.07) is 2.65. The lowest BCUT2D eigenvalue weighted by atomic mass is 9.89. The van der Waals surface area contributed by atoms with E-state index in [1.165, 1.54) is 0 Å². The number of rotatable bonds is 3. The topological polar surface area (TPSA) is 29.5 Å². The van der Waals surface area contributed by atoms with Crippen molar-refractivity contribution in [2.45, 2.75) is 25.1 Å². The van der Waals surface area contributed by atoms with Gasteiger partial charge in [0.2, 0.25) is 0 Å². The highest BCUT2D eigenvalue weighted by Gasteiger charge is 2.55. The second-order valence-corrected chi connectivity index (χ2v) is 3.56. The van der Waals surface area contributed by atoms with Crippen LogP contribution in [0.1, 0.15) is 18.9 Å². The van der Waals surface area contributed by atoms with Crippen LogP contribution < -0.4 is 4.74 Å². The Kier molecular flexibility index (Phi) is 3.66. The smallest absolute Gasteiger partial charge is 0.421 e. The molecule has 0 radical (unpaired) electrons. The quantitative estimate of drug-likeness (QED) is 0.838. The second kappa shape index (κ2) is 4.52. The monoisotopic (exact) mass is 252 g/mol. The molecule has 2 nitrogen and oxygen atoms in total. The van der Waals surface area contributed by atoms with Crippen molar-refractivity contribution in [3.05, 3.63) is 29.6 Å². The van der Waals surface area contributed by atoms with Crippen LogP contribution in [-0.2, 0) is 5.60 Å². The zero-order chi connectivity index (χ0) is 13.3. The van der Waals surface area contributed by atoms with Gasteiger partial charge < -0.3 is 9.84 Å². The van der Waals surface area contributed by atoms with Gasteiger partial charge >= 0.3 is 6.18 Å². The van der Waals surface area contributed by atoms with Gasteiger partial charge in [0, 0.05) is 5.56 Å². The van der Waals surface area contributed by atoms with Crippen LogP contribution in [0.15, 0.2) is 18.2 Å². The van der Waals surface area contributed by atoms with E-state index in [-0.39, 0.29) is 5.75 Å². The molecule has 0 aromatic heterocycles. The van der Waals surface area contributed by atoms with E-state index in [1.54, 1.807) is 0 Å². The van der Waals surface area contributed by atoms with E-state index < -0.39 is 29.6 Å². The second-order valence-electron chi connectivity index (χ2n) is 3.56. The molecular weight excluding hydrogens is 240 g/mol. The zero-order valence-corrected chi connectivity index (χ0v) is 9.31. The van der Waals surface area contributed by atoms with Gasteiger partial charge in [-0.2, -0.15) is 13.2 Å². The Morgan fingerprint density at radius 2 is 1.88 bits per heavy atom. The number of halogens is 4. The molecule has 1 N–H and O–H groups in total. The van der Waals surface area contributed by atoms with Crippen LogP contribution in [0.5, 0.6) is 5.75 Å². The molecule has 6 heteroatoms. The van der Waals surface area contributed by atoms with Gasteiger partial charge in [0.15, 0.2) is 5.60 Å². The van der Waals surface area contributed by atoms with Gasteiger partial charge in [-0.1, -0.05) is 6.92 Å². The molecule has 0 fully saturated rings. The highest BCUT2D eigenvalue weighted by molar-refractivity contribution is 5.39. The molecule has 0 amide bonds. The zero-order valence-electron chi connectivity index (χ0n) is 9.31. The summed E-state index contributed by atoms with van der Waals surface area (Å²) in [7, 11) is 1.16. The summed E-state index contributed by atoms with van der Waals surface area (Å²) in [4.78, 5) is 0. The Morgan fingerprint density at radius 1 is 1.29 bits per heavy atom. The number of ether oxygens (including phenoxy) is 1. The molecule has 0 saturated carbocycles. The summed E-state index contributed by atoms with van der Waals surface area (Å²) in [5.74, 6) is -1.06. The third-order valence-electron chi connectivity index (χ3n) is 2.59. The first kappa shape index (κ1) is 13.8. The summed E-state index contributed by atoms with van der Waals surface area (Å²) in [5.41, 5.74) is -3.73. The fourth-order valence-corrected chi connectivity index (χ4v) is 1.55. The number of alkyl halides is 3. The predicted octanol–water partition coefficient (Wildman–Crippen LogP) is 2.99. The van der Waals surface area contributed by atoms with E-state index in [2.05, 4.69) is 0 Å². The van der Waals surface area contributed by atoms with E-state index in [1.807, 2.05) is 0 Å². The third kappa shape index (κ3) is 2.36. The van der Waals surface area contributed by atoms with E-state index in [0.717, 1.165) is 26.2 Å². The van der Waals surface area contributed by atoms with Gasteiger partial charge in [-0.15, -0.1) is 0 Å². The van der Waals surface area contributed by atoms with Gasteiger partial charge in [0.25, 0.3) is 0 Å². The first-order valence-corrected chi connectivity index (χ1v) is 4.89. The lowest BCUT2D eigenvalue weighted by molar-refractivity contribution is -0.268. The van der Waals surface area contributed by atoms with Crippen LogP contribution >= 0.6 is 0 Å². The molecule has 0 aliphatic carbocycles. The Hall–Kier alpha value is -1.30. The fraction of sp³-hybridized carbons (Fsp3) is 0.455. The Balaban J connectivity index is 3.43. The Morgan fingerprint density at radius 3 is 2.29 bits per heavy atom. The van der Waals surface area contributed by atoms with Crippen molar-refractivity contribution in [1.29, 1.82) is 0 Å². The summed E-state index contributed by atoms with van der Waals surface area (Å²) in [5, 5.41) is 9.69. The number of hydrogen-bond donors (Lipinski definition) is 1. The molecule has 0 spiro atoms. The van der Waals surface area contributed by atoms with Crippen molar-refractivity contribution in [1.82, 2.24) is 0 Å². The molecule has 1 unspecified atom stereocenters. The molecule has 1 atom stereocenters. The summed E-state index contributed by atoms with van der Waals surface area (Å²) in [6.07, 6.45) is -5.53. The van der Waals surface area contributed by atoms with Crippen LogP contribution in [0.4, 0.5) is 17.6 Å². The lowest BCUT2D eigenvalue weighted by Crippen LogP contribution is -2.42. The molecule has 0 saturated heterocycles. The standard InChI is InChI=1S/C11H12F4O2/c1-3-10(16,11(13,14)15)8-6-7(12)4-5-9(8)17-2/h4-6,16H,3H2,1-2H3. The molecule has 1 rings (SSSR count). The van der Waals surface area contributed by atoms with Crippen molar-refractivity contribution in [2.75, 3.05) is 7.11 Å². The van der Waals surface area contributed by atoms with Crippen molar-refractivity contribution < 1.29 is 27.4 Å². The third-order valence-corrected chi connectivity index (χ3v) is 2.59. The summed E-state index contributed by atoms with van der Waals surface area (Å²) in [6.45, 7) is 1.16. The van der Waals surface area contributed by atoms with Crippen molar-refractivity contribution in [3.63, 3.8) is 0 Å². The molecule has 1 aromatic carbocycles. The van der Waals surface area contributed by atoms with E-state index in [4.69, 9.17) is 4.74 Å². The number of benzene rings is 1. The Labute approximate surface area is 95.8 Å². The number of methoxy groups -OCH3 is 1. The SMILES string of the molecule is CCC(O)(c1cc(F)ccc1OC)C(F)(F)F. The van der Waals surface area contributed by atoms with Gasteiger partial charge in [0.1, 0.15) is 11.6 Å². The minimum absolute atomic E-state index is 0.201. The minimum atomic E-state index is -4.90. The average Bonchev–Trinajstić information content (AvgIpc) is 2.26. The maximum absolute atomic E-state index is 13.0. The van der Waals surface area contributed by atoms with Crippen molar-refractivity contribution in [3.8, 4) is 5.75 Å². The van der Waals surface area contributed by atoms with E-state index in [9.17, 15) is 22.7 Å². The van der Waals surface area contributed by atoms with Crippen LogP contribution in [0.3, 0.4) is 0 Å². The van der Waals surface area contributed by atoms with Gasteiger partial charge in [-0.05, 0) is 24.6 Å². The Bertz CT molecular complexity index is 403. The maximum atomic E-state index is 13.0. The van der Waals surface area contributed by atoms with Gasteiger partial charge in [-0.3, -0.25) is 0 Å². The van der Waals surface area contributed by atoms with Crippen molar-refractivity contribution in [2.24, 2.45) is 0 Å². The first-order valence-electron chi connectivity index (χ1n) is 4.89. The predicted molar refractivity (Wildman–Crippen MR) is 53.2 cm³/mol. The van der Waals surface area contributed by atoms with Crippen LogP contribution in [0.2, 0.25) is 0 Å². The normalized spacial score (nSPS) is 15.5. The molecule has 17 heavy (non-hydrogen) atoms. The highest BCUT2D eigenvalue weighted by atomic mass is 19.4. The molecular formula is C11H12F4O2. The highest BCUT2D eigenvalue weighted by Crippen LogP contribution is 2.44. The molecule has 96 valence electrons. The van der Waals surface area contributed by atoms with Gasteiger partial charge in [0.05, 0.1) is 7.11 Å². The van der Waals surface area contributed by atoms with E-state index in [0.29, 0.717) is 6.07 Å². The minimum Gasteiger partial charge on any atom is -0.496 e. The molecule has 0 aliphatic heterocycles. The first-order chi connectivity index (χ1) is 7.76. The van der Waals surface area contributed by atoms with Crippen LogP contribution in [0.25, 0.3) is 0 Å². The lowest BCUT2D eigenvalue weighted by Gasteiger charge is -2.30. The largest absolute Gasteiger partial charge is 0.496 e. The summed E-state index contributed by atoms with van der Waals surface area (Å²) < 4.78 is 56.2. The van der Waals surface area contributed by atoms with Crippen molar-refractivity contribution >= 4 is 0 Å². The molecule has 1 aromatic rings. The molecule has 0 aliphatic rings. The van der Waals surface area contributed by atoms with Crippen LogP contribution in [0, 0.1) is 5.82 Å². The average molecular weight is 252 g/mol. The maximum Gasteiger partial charge on any atom is 0.421 e.